The molecular formula is C33H30N2O8. The predicted octanol–water partition coefficient (Wildman–Crippen LogP) is 4.09. The molecule has 0 saturated carbocycles. The van der Waals surface area contributed by atoms with Gasteiger partial charge in [0.05, 0.1) is 12.7 Å². The number of methoxy groups -OCH3 is 1. The van der Waals surface area contributed by atoms with Crippen molar-refractivity contribution in [1.29, 1.82) is 0 Å². The van der Waals surface area contributed by atoms with Gasteiger partial charge in [0, 0.05) is 29.9 Å². The van der Waals surface area contributed by atoms with Gasteiger partial charge in [0.1, 0.15) is 39.9 Å². The Morgan fingerprint density at radius 2 is 1.72 bits per heavy atom. The molecule has 1 aliphatic heterocycles. The van der Waals surface area contributed by atoms with Gasteiger partial charge in [0.15, 0.2) is 17.3 Å². The summed E-state index contributed by atoms with van der Waals surface area (Å²) in [5, 5.41) is 16.7. The highest BCUT2D eigenvalue weighted by molar-refractivity contribution is 6.27. The number of allylic oxidation sites excluding steroid dienone is 2. The Morgan fingerprint density at radius 1 is 1.02 bits per heavy atom. The fourth-order valence-electron chi connectivity index (χ4n) is 5.60. The van der Waals surface area contributed by atoms with Gasteiger partial charge in [0.2, 0.25) is 0 Å². The number of anilines is 1. The number of rotatable bonds is 7. The molecule has 2 aliphatic rings. The Balaban J connectivity index is 1.44. The third-order valence-corrected chi connectivity index (χ3v) is 8.22. The number of Topliss-reactive ketones (excluding diaryl/α,β-unsaturated/α-hetero) is 2. The Bertz CT molecular complexity index is 1760. The van der Waals surface area contributed by atoms with Crippen LogP contribution in [0.3, 0.4) is 0 Å². The van der Waals surface area contributed by atoms with Crippen LogP contribution in [0, 0.1) is 19.8 Å². The lowest BCUT2D eigenvalue weighted by atomic mass is 9.67. The van der Waals surface area contributed by atoms with E-state index in [1.165, 1.54) is 20.1 Å². The van der Waals surface area contributed by atoms with E-state index in [4.69, 9.17) is 9.47 Å². The maximum absolute atomic E-state index is 13.6. The number of carbonyl (C=O) groups is 5. The van der Waals surface area contributed by atoms with E-state index in [1.807, 2.05) is 19.9 Å². The van der Waals surface area contributed by atoms with E-state index >= 15 is 0 Å². The molecule has 1 unspecified atom stereocenters. The number of nitrogens with one attached hydrogen (secondary N) is 2. The quantitative estimate of drug-likeness (QED) is 0.353. The summed E-state index contributed by atoms with van der Waals surface area (Å²) in [5.41, 5.74) is 1.89. The van der Waals surface area contributed by atoms with Crippen LogP contribution < -0.4 is 20.1 Å². The van der Waals surface area contributed by atoms with Crippen LogP contribution in [0.5, 0.6) is 17.2 Å². The minimum atomic E-state index is -1.65. The van der Waals surface area contributed by atoms with Crippen LogP contribution in [0.15, 0.2) is 60.4 Å². The summed E-state index contributed by atoms with van der Waals surface area (Å²) in [4.78, 5) is 64.5. The summed E-state index contributed by atoms with van der Waals surface area (Å²) in [6, 6.07) is 13.6. The number of amides is 2. The second kappa shape index (κ2) is 10.9. The molecule has 0 bridgehead atoms. The lowest BCUT2D eigenvalue weighted by Crippen LogP contribution is -2.47. The van der Waals surface area contributed by atoms with Crippen molar-refractivity contribution in [1.82, 2.24) is 5.32 Å². The zero-order valence-electron chi connectivity index (χ0n) is 24.3. The van der Waals surface area contributed by atoms with Crippen LogP contribution in [0.2, 0.25) is 0 Å². The van der Waals surface area contributed by atoms with Crippen molar-refractivity contribution in [2.75, 3.05) is 12.4 Å². The zero-order chi connectivity index (χ0) is 31.2. The molecule has 0 aromatic heterocycles. The predicted molar refractivity (Wildman–Crippen MR) is 156 cm³/mol. The molecular weight excluding hydrogens is 552 g/mol. The van der Waals surface area contributed by atoms with Gasteiger partial charge in [-0.2, -0.15) is 0 Å². The second-order valence-electron chi connectivity index (χ2n) is 10.7. The molecule has 43 heavy (non-hydrogen) atoms. The number of ketones is 3. The number of aromatic hydroxyl groups is 1. The maximum Gasteiger partial charge on any atom is 0.259 e. The lowest BCUT2D eigenvalue weighted by molar-refractivity contribution is -0.140. The van der Waals surface area contributed by atoms with Gasteiger partial charge in [-0.25, -0.2) is 0 Å². The first-order valence-corrected chi connectivity index (χ1v) is 13.6. The van der Waals surface area contributed by atoms with Crippen molar-refractivity contribution in [2.45, 2.75) is 39.7 Å². The molecule has 2 atom stereocenters. The Morgan fingerprint density at radius 3 is 2.37 bits per heavy atom. The third-order valence-electron chi connectivity index (χ3n) is 8.22. The van der Waals surface area contributed by atoms with Crippen molar-refractivity contribution >= 4 is 34.9 Å². The van der Waals surface area contributed by atoms with Gasteiger partial charge in [-0.15, -0.1) is 0 Å². The van der Waals surface area contributed by atoms with Gasteiger partial charge in [0.25, 0.3) is 11.8 Å². The van der Waals surface area contributed by atoms with Crippen molar-refractivity contribution in [2.24, 2.45) is 5.92 Å². The molecule has 0 saturated heterocycles. The number of phenolic OH excluding ortho intramolecular Hbond substituents is 1. The Kier molecular flexibility index (Phi) is 7.39. The number of ether oxygens (including phenoxy) is 2. The first-order valence-electron chi connectivity index (χ1n) is 13.6. The van der Waals surface area contributed by atoms with Gasteiger partial charge in [-0.1, -0.05) is 24.3 Å². The van der Waals surface area contributed by atoms with Gasteiger partial charge in [-0.3, -0.25) is 24.0 Å². The number of carbonyl (C=O) groups excluding carboxylic acids is 5. The Hall–Kier alpha value is -5.25. The molecule has 0 radical (unpaired) electrons. The van der Waals surface area contributed by atoms with Crippen LogP contribution in [0.4, 0.5) is 5.69 Å². The average molecular weight is 583 g/mol. The molecule has 0 fully saturated rings. The molecule has 1 heterocycles. The number of phenols is 1. The number of hydrogen-bond acceptors (Lipinski definition) is 8. The molecule has 3 aromatic rings. The van der Waals surface area contributed by atoms with Crippen LogP contribution in [0.1, 0.15) is 56.8 Å². The summed E-state index contributed by atoms with van der Waals surface area (Å²) in [6.45, 7) is 6.45. The van der Waals surface area contributed by atoms with Crippen molar-refractivity contribution in [3.05, 3.63) is 93.7 Å². The van der Waals surface area contributed by atoms with Gasteiger partial charge >= 0.3 is 0 Å². The minimum Gasteiger partial charge on any atom is -0.507 e. The van der Waals surface area contributed by atoms with Crippen LogP contribution in [0.25, 0.3) is 0 Å². The molecule has 2 amide bonds. The standard InChI is InChI=1S/C33H30N2O8/c1-16-17(2)21(35-31(40)19-9-7-6-8-10-19)12-11-20(16)15-34-32(41)27-24(42-5)13-23(38)28-29(27)43-25-14-22(37)26(18(3)36)30(39)33(25,28)4/h6-14,26,38H,15H2,1-5H3,(H,34,41)(H,35,40)/t26?,33-/m1/s1. The highest BCUT2D eigenvalue weighted by Crippen LogP contribution is 2.56. The van der Waals surface area contributed by atoms with Crippen molar-refractivity contribution < 1.29 is 38.6 Å². The number of hydrogen-bond donors (Lipinski definition) is 3. The number of benzene rings is 3. The summed E-state index contributed by atoms with van der Waals surface area (Å²) in [6.07, 6.45) is 1.07. The van der Waals surface area contributed by atoms with E-state index in [-0.39, 0.29) is 46.6 Å². The topological polar surface area (TPSA) is 148 Å². The van der Waals surface area contributed by atoms with Crippen molar-refractivity contribution in [3.8, 4) is 17.2 Å². The van der Waals surface area contributed by atoms with E-state index in [1.54, 1.807) is 36.4 Å². The molecule has 10 heteroatoms. The SMILES string of the molecule is COc1cc(O)c2c(c1C(=O)NCc1ccc(NC(=O)c3ccccc3)c(C)c1C)OC1=CC(=O)C(C(C)=O)C(=O)[C@]12C. The van der Waals surface area contributed by atoms with Crippen LogP contribution in [-0.2, 0) is 26.3 Å². The summed E-state index contributed by atoms with van der Waals surface area (Å²) in [7, 11) is 1.32. The molecule has 3 N–H and O–H groups in total. The van der Waals surface area contributed by atoms with Crippen molar-refractivity contribution in [3.63, 3.8) is 0 Å². The highest BCUT2D eigenvalue weighted by Gasteiger charge is 2.58. The second-order valence-corrected chi connectivity index (χ2v) is 10.7. The minimum absolute atomic E-state index is 0.00892. The zero-order valence-corrected chi connectivity index (χ0v) is 24.3. The first kappa shape index (κ1) is 29.2. The van der Waals surface area contributed by atoms with E-state index in [0.29, 0.717) is 11.3 Å². The lowest BCUT2D eigenvalue weighted by Gasteiger charge is -2.30. The summed E-state index contributed by atoms with van der Waals surface area (Å²) >= 11 is 0. The monoisotopic (exact) mass is 582 g/mol. The fourth-order valence-corrected chi connectivity index (χ4v) is 5.60. The smallest absolute Gasteiger partial charge is 0.259 e. The normalized spacial score (nSPS) is 18.6. The third kappa shape index (κ3) is 4.74. The average Bonchev–Trinajstić information content (AvgIpc) is 3.28. The van der Waals surface area contributed by atoms with E-state index in [2.05, 4.69) is 10.6 Å². The van der Waals surface area contributed by atoms with E-state index in [0.717, 1.165) is 29.7 Å². The molecule has 220 valence electrons. The molecule has 1 aliphatic carbocycles. The Labute approximate surface area is 247 Å². The molecule has 10 nitrogen and oxygen atoms in total. The molecule has 0 spiro atoms. The van der Waals surface area contributed by atoms with Gasteiger partial charge < -0.3 is 25.2 Å². The summed E-state index contributed by atoms with van der Waals surface area (Å²) in [5.74, 6) is -5.05. The molecule has 5 rings (SSSR count). The molecule has 3 aromatic carbocycles. The van der Waals surface area contributed by atoms with Gasteiger partial charge in [-0.05, 0) is 62.6 Å². The van der Waals surface area contributed by atoms with E-state index < -0.39 is 34.6 Å². The maximum atomic E-state index is 13.6. The largest absolute Gasteiger partial charge is 0.507 e. The highest BCUT2D eigenvalue weighted by atomic mass is 16.5. The van der Waals surface area contributed by atoms with Crippen LogP contribution >= 0.6 is 0 Å². The number of fused-ring (bicyclic) bond motifs is 3. The fraction of sp³-hybridized carbons (Fsp3) is 0.242. The first-order chi connectivity index (χ1) is 20.4. The summed E-state index contributed by atoms with van der Waals surface area (Å²) < 4.78 is 11.3. The van der Waals surface area contributed by atoms with E-state index in [9.17, 15) is 29.1 Å². The van der Waals surface area contributed by atoms with Crippen LogP contribution in [-0.4, -0.2) is 41.4 Å².